The molecule has 1 heterocycles. The van der Waals surface area contributed by atoms with Gasteiger partial charge in [0.15, 0.2) is 0 Å². The van der Waals surface area contributed by atoms with Crippen LogP contribution < -0.4 is 0 Å². The molecule has 1 aromatic heterocycles. The molecule has 0 spiro atoms. The van der Waals surface area contributed by atoms with Crippen LogP contribution in [-0.2, 0) is 0 Å². The summed E-state index contributed by atoms with van der Waals surface area (Å²) >= 11 is 0. The van der Waals surface area contributed by atoms with Crippen molar-refractivity contribution in [3.05, 3.63) is 103 Å². The molecule has 0 radical (unpaired) electrons. The monoisotopic (exact) mass is 319 g/mol. The lowest BCUT2D eigenvalue weighted by molar-refractivity contribution is 1.13. The van der Waals surface area contributed by atoms with Crippen molar-refractivity contribution in [2.75, 3.05) is 0 Å². The highest BCUT2D eigenvalue weighted by Crippen LogP contribution is 2.35. The third-order valence-corrected chi connectivity index (χ3v) is 4.79. The summed E-state index contributed by atoms with van der Waals surface area (Å²) in [4.78, 5) is 0. The topological polar surface area (TPSA) is 4.93 Å². The minimum Gasteiger partial charge on any atom is -0.309 e. The SMILES string of the molecule is c1ccc(-c2cc3c4ccccc4ccc3n2-c2ccccc2)cc1. The molecule has 25 heavy (non-hydrogen) atoms. The van der Waals surface area contributed by atoms with E-state index < -0.39 is 0 Å². The Morgan fingerprint density at radius 1 is 0.520 bits per heavy atom. The van der Waals surface area contributed by atoms with Gasteiger partial charge in [0, 0.05) is 11.1 Å². The van der Waals surface area contributed by atoms with Gasteiger partial charge >= 0.3 is 0 Å². The first-order chi connectivity index (χ1) is 12.4. The van der Waals surface area contributed by atoms with Gasteiger partial charge in [-0.15, -0.1) is 0 Å². The molecule has 0 saturated heterocycles. The minimum absolute atomic E-state index is 1.19. The fourth-order valence-electron chi connectivity index (χ4n) is 3.64. The second-order valence-electron chi connectivity index (χ2n) is 6.29. The lowest BCUT2D eigenvalue weighted by atomic mass is 10.1. The second-order valence-corrected chi connectivity index (χ2v) is 6.29. The van der Waals surface area contributed by atoms with Crippen molar-refractivity contribution in [1.29, 1.82) is 0 Å². The van der Waals surface area contributed by atoms with Gasteiger partial charge in [-0.3, -0.25) is 0 Å². The van der Waals surface area contributed by atoms with Gasteiger partial charge in [0.25, 0.3) is 0 Å². The standard InChI is InChI=1S/C24H17N/c1-3-10-19(11-4-1)24-17-22-21-14-8-7-9-18(21)15-16-23(22)25(24)20-12-5-2-6-13-20/h1-17H. The molecule has 1 nitrogen and oxygen atoms in total. The average molecular weight is 319 g/mol. The van der Waals surface area contributed by atoms with Gasteiger partial charge in [0.1, 0.15) is 0 Å². The number of fused-ring (bicyclic) bond motifs is 3. The third-order valence-electron chi connectivity index (χ3n) is 4.79. The fourth-order valence-corrected chi connectivity index (χ4v) is 3.64. The maximum atomic E-state index is 2.36. The maximum absolute atomic E-state index is 2.36. The Morgan fingerprint density at radius 2 is 1.20 bits per heavy atom. The molecule has 0 bridgehead atoms. The second kappa shape index (κ2) is 5.64. The van der Waals surface area contributed by atoms with Gasteiger partial charge in [0.05, 0.1) is 11.2 Å². The summed E-state index contributed by atoms with van der Waals surface area (Å²) in [5.74, 6) is 0. The van der Waals surface area contributed by atoms with Gasteiger partial charge in [-0.25, -0.2) is 0 Å². The van der Waals surface area contributed by atoms with Crippen LogP contribution >= 0.6 is 0 Å². The third kappa shape index (κ3) is 2.25. The van der Waals surface area contributed by atoms with Crippen LogP contribution in [0.25, 0.3) is 38.6 Å². The molecule has 0 N–H and O–H groups in total. The van der Waals surface area contributed by atoms with E-state index in [-0.39, 0.29) is 0 Å². The molecule has 0 aliphatic rings. The number of hydrogen-bond donors (Lipinski definition) is 0. The Kier molecular flexibility index (Phi) is 3.17. The van der Waals surface area contributed by atoms with Gasteiger partial charge < -0.3 is 4.57 Å². The van der Waals surface area contributed by atoms with Crippen molar-refractivity contribution in [3.8, 4) is 16.9 Å². The summed E-state index contributed by atoms with van der Waals surface area (Å²) in [7, 11) is 0. The van der Waals surface area contributed by atoms with E-state index in [0.29, 0.717) is 0 Å². The molecule has 5 aromatic rings. The van der Waals surface area contributed by atoms with Crippen LogP contribution in [0.5, 0.6) is 0 Å². The van der Waals surface area contributed by atoms with Crippen molar-refractivity contribution in [1.82, 2.24) is 4.57 Å². The normalized spacial score (nSPS) is 11.2. The zero-order valence-corrected chi connectivity index (χ0v) is 13.8. The predicted octanol–water partition coefficient (Wildman–Crippen LogP) is 6.45. The largest absolute Gasteiger partial charge is 0.309 e. The number of aromatic nitrogens is 1. The summed E-state index contributed by atoms with van der Waals surface area (Å²) in [5.41, 5.74) is 4.88. The van der Waals surface area contributed by atoms with Crippen molar-refractivity contribution < 1.29 is 0 Å². The van der Waals surface area contributed by atoms with E-state index in [1.807, 2.05) is 0 Å². The molecule has 1 heteroatoms. The van der Waals surface area contributed by atoms with Crippen LogP contribution in [0, 0.1) is 0 Å². The predicted molar refractivity (Wildman–Crippen MR) is 106 cm³/mol. The molecule has 0 atom stereocenters. The molecule has 4 aromatic carbocycles. The van der Waals surface area contributed by atoms with Crippen LogP contribution in [0.3, 0.4) is 0 Å². The average Bonchev–Trinajstić information content (AvgIpc) is 3.09. The van der Waals surface area contributed by atoms with E-state index >= 15 is 0 Å². The fraction of sp³-hybridized carbons (Fsp3) is 0. The number of nitrogens with zero attached hydrogens (tertiary/aromatic N) is 1. The van der Waals surface area contributed by atoms with E-state index in [1.165, 1.54) is 38.6 Å². The summed E-state index contributed by atoms with van der Waals surface area (Å²) in [6.07, 6.45) is 0. The van der Waals surface area contributed by atoms with Crippen LogP contribution in [0.2, 0.25) is 0 Å². The highest BCUT2D eigenvalue weighted by atomic mass is 15.0. The Balaban J connectivity index is 1.93. The van der Waals surface area contributed by atoms with Gasteiger partial charge in [-0.05, 0) is 40.6 Å². The zero-order chi connectivity index (χ0) is 16.6. The van der Waals surface area contributed by atoms with Crippen LogP contribution in [0.1, 0.15) is 0 Å². The summed E-state index contributed by atoms with van der Waals surface area (Å²) in [5, 5.41) is 3.87. The summed E-state index contributed by atoms with van der Waals surface area (Å²) in [6, 6.07) is 36.6. The first-order valence-electron chi connectivity index (χ1n) is 8.56. The molecule has 5 rings (SSSR count). The lowest BCUT2D eigenvalue weighted by Gasteiger charge is -2.11. The molecule has 0 amide bonds. The summed E-state index contributed by atoms with van der Waals surface area (Å²) < 4.78 is 2.36. The van der Waals surface area contributed by atoms with Crippen LogP contribution in [-0.4, -0.2) is 4.57 Å². The Morgan fingerprint density at radius 3 is 2.00 bits per heavy atom. The molecular weight excluding hydrogens is 302 g/mol. The highest BCUT2D eigenvalue weighted by molar-refractivity contribution is 6.09. The molecule has 0 fully saturated rings. The van der Waals surface area contributed by atoms with Gasteiger partial charge in [-0.1, -0.05) is 78.9 Å². The van der Waals surface area contributed by atoms with E-state index in [0.717, 1.165) is 0 Å². The molecule has 0 aliphatic carbocycles. The first kappa shape index (κ1) is 14.1. The highest BCUT2D eigenvalue weighted by Gasteiger charge is 2.13. The van der Waals surface area contributed by atoms with Gasteiger partial charge in [0.2, 0.25) is 0 Å². The molecular formula is C24H17N. The number of rotatable bonds is 2. The maximum Gasteiger partial charge on any atom is 0.0541 e. The number of hydrogen-bond acceptors (Lipinski definition) is 0. The smallest absolute Gasteiger partial charge is 0.0541 e. The molecule has 118 valence electrons. The Labute approximate surface area is 146 Å². The van der Waals surface area contributed by atoms with E-state index in [2.05, 4.69) is 108 Å². The Bertz CT molecular complexity index is 1170. The van der Waals surface area contributed by atoms with Gasteiger partial charge in [-0.2, -0.15) is 0 Å². The number of benzene rings is 4. The molecule has 0 unspecified atom stereocenters. The van der Waals surface area contributed by atoms with Crippen molar-refractivity contribution in [2.45, 2.75) is 0 Å². The minimum atomic E-state index is 1.19. The molecule has 0 aliphatic heterocycles. The zero-order valence-electron chi connectivity index (χ0n) is 13.8. The van der Waals surface area contributed by atoms with Crippen LogP contribution in [0.4, 0.5) is 0 Å². The quantitative estimate of drug-likeness (QED) is 0.352. The van der Waals surface area contributed by atoms with Crippen molar-refractivity contribution >= 4 is 21.7 Å². The Hall–Kier alpha value is -3.32. The van der Waals surface area contributed by atoms with Crippen molar-refractivity contribution in [2.24, 2.45) is 0 Å². The first-order valence-corrected chi connectivity index (χ1v) is 8.56. The van der Waals surface area contributed by atoms with Crippen molar-refractivity contribution in [3.63, 3.8) is 0 Å². The number of para-hydroxylation sites is 1. The lowest BCUT2D eigenvalue weighted by Crippen LogP contribution is -1.96. The van der Waals surface area contributed by atoms with E-state index in [1.54, 1.807) is 0 Å². The van der Waals surface area contributed by atoms with E-state index in [4.69, 9.17) is 0 Å². The summed E-state index contributed by atoms with van der Waals surface area (Å²) in [6.45, 7) is 0. The van der Waals surface area contributed by atoms with E-state index in [9.17, 15) is 0 Å². The van der Waals surface area contributed by atoms with Crippen LogP contribution in [0.15, 0.2) is 103 Å². The molecule has 0 saturated carbocycles.